The van der Waals surface area contributed by atoms with E-state index in [2.05, 4.69) is 6.58 Å². The Bertz CT molecular complexity index is 587. The van der Waals surface area contributed by atoms with Crippen LogP contribution in [0, 0.1) is 11.7 Å². The van der Waals surface area contributed by atoms with Gasteiger partial charge in [0.15, 0.2) is 0 Å². The van der Waals surface area contributed by atoms with Crippen molar-refractivity contribution in [1.82, 2.24) is 4.90 Å². The Balaban J connectivity index is 2.09. The summed E-state index contributed by atoms with van der Waals surface area (Å²) in [5.74, 6) is -0.627. The molecule has 130 valence electrons. The van der Waals surface area contributed by atoms with E-state index in [1.807, 2.05) is 0 Å². The maximum atomic E-state index is 13.1. The Morgan fingerprint density at radius 1 is 1.33 bits per heavy atom. The predicted molar refractivity (Wildman–Crippen MR) is 87.0 cm³/mol. The van der Waals surface area contributed by atoms with E-state index in [9.17, 15) is 14.0 Å². The van der Waals surface area contributed by atoms with Crippen LogP contribution in [-0.2, 0) is 14.3 Å². The van der Waals surface area contributed by atoms with Crippen LogP contribution < -0.4 is 0 Å². The van der Waals surface area contributed by atoms with E-state index >= 15 is 0 Å². The number of benzene rings is 1. The molecule has 0 bridgehead atoms. The average molecular weight is 335 g/mol. The standard InChI is InChI=1S/C18H22FNO4/c1-3-10-23-18(22)20-9-8-17(14-4-6-16(19)7-5-14)15(11-20)12-24-13(2)21/h3-7,15,17H,1,8-12H2,2H3/t15-,17-/m1/s1. The number of carbonyl (C=O) groups is 2. The van der Waals surface area contributed by atoms with Crippen molar-refractivity contribution < 1.29 is 23.5 Å². The number of hydrogen-bond acceptors (Lipinski definition) is 4. The number of carbonyl (C=O) groups excluding carboxylic acids is 2. The Kier molecular flexibility index (Phi) is 6.35. The Hall–Kier alpha value is -2.37. The van der Waals surface area contributed by atoms with Crippen LogP contribution in [0.15, 0.2) is 36.9 Å². The van der Waals surface area contributed by atoms with Crippen LogP contribution in [0.5, 0.6) is 0 Å². The van der Waals surface area contributed by atoms with Gasteiger partial charge in [0.2, 0.25) is 0 Å². The van der Waals surface area contributed by atoms with Gasteiger partial charge in [-0.3, -0.25) is 4.79 Å². The molecule has 1 aromatic carbocycles. The molecule has 0 spiro atoms. The monoisotopic (exact) mass is 335 g/mol. The average Bonchev–Trinajstić information content (AvgIpc) is 2.58. The van der Waals surface area contributed by atoms with E-state index < -0.39 is 6.09 Å². The van der Waals surface area contributed by atoms with E-state index in [1.54, 1.807) is 17.0 Å². The lowest BCUT2D eigenvalue weighted by Gasteiger charge is -2.37. The van der Waals surface area contributed by atoms with Crippen molar-refractivity contribution in [3.63, 3.8) is 0 Å². The zero-order chi connectivity index (χ0) is 17.5. The van der Waals surface area contributed by atoms with Crippen molar-refractivity contribution in [2.75, 3.05) is 26.3 Å². The summed E-state index contributed by atoms with van der Waals surface area (Å²) in [5, 5.41) is 0. The molecule has 0 radical (unpaired) electrons. The summed E-state index contributed by atoms with van der Waals surface area (Å²) in [5.41, 5.74) is 0.979. The summed E-state index contributed by atoms with van der Waals surface area (Å²) in [7, 11) is 0. The quantitative estimate of drug-likeness (QED) is 0.613. The number of amides is 1. The maximum Gasteiger partial charge on any atom is 0.410 e. The third-order valence-electron chi connectivity index (χ3n) is 4.12. The summed E-state index contributed by atoms with van der Waals surface area (Å²) in [4.78, 5) is 24.8. The smallest absolute Gasteiger partial charge is 0.410 e. The van der Waals surface area contributed by atoms with Crippen LogP contribution in [0.2, 0.25) is 0 Å². The van der Waals surface area contributed by atoms with Gasteiger partial charge in [-0.25, -0.2) is 9.18 Å². The van der Waals surface area contributed by atoms with Crippen LogP contribution in [0.3, 0.4) is 0 Å². The van der Waals surface area contributed by atoms with Gasteiger partial charge in [0.1, 0.15) is 12.4 Å². The van der Waals surface area contributed by atoms with Crippen molar-refractivity contribution in [3.05, 3.63) is 48.3 Å². The van der Waals surface area contributed by atoms with Gasteiger partial charge in [-0.1, -0.05) is 24.8 Å². The fourth-order valence-corrected chi connectivity index (χ4v) is 2.96. The molecule has 1 saturated heterocycles. The molecular formula is C18H22FNO4. The summed E-state index contributed by atoms with van der Waals surface area (Å²) >= 11 is 0. The summed E-state index contributed by atoms with van der Waals surface area (Å²) < 4.78 is 23.4. The zero-order valence-corrected chi connectivity index (χ0v) is 13.7. The summed E-state index contributed by atoms with van der Waals surface area (Å²) in [6, 6.07) is 6.32. The molecule has 0 unspecified atom stereocenters. The Morgan fingerprint density at radius 2 is 2.04 bits per heavy atom. The highest BCUT2D eigenvalue weighted by Crippen LogP contribution is 2.33. The first kappa shape index (κ1) is 18.0. The SMILES string of the molecule is C=CCOC(=O)N1CC[C@H](c2ccc(F)cc2)[C@@H](COC(C)=O)C1. The molecule has 5 nitrogen and oxygen atoms in total. The number of hydrogen-bond donors (Lipinski definition) is 0. The Labute approximate surface area is 141 Å². The van der Waals surface area contributed by atoms with E-state index in [-0.39, 0.29) is 36.8 Å². The molecule has 0 N–H and O–H groups in total. The minimum absolute atomic E-state index is 0.0654. The van der Waals surface area contributed by atoms with E-state index in [0.717, 1.165) is 5.56 Å². The second-order valence-corrected chi connectivity index (χ2v) is 5.82. The molecule has 6 heteroatoms. The van der Waals surface area contributed by atoms with Crippen LogP contribution in [0.1, 0.15) is 24.8 Å². The fourth-order valence-electron chi connectivity index (χ4n) is 2.96. The molecule has 1 amide bonds. The van der Waals surface area contributed by atoms with Gasteiger partial charge in [-0.2, -0.15) is 0 Å². The molecule has 1 heterocycles. The predicted octanol–water partition coefficient (Wildman–Crippen LogP) is 3.12. The number of nitrogens with zero attached hydrogens (tertiary/aromatic N) is 1. The second kappa shape index (κ2) is 8.47. The lowest BCUT2D eigenvalue weighted by molar-refractivity contribution is -0.143. The molecule has 0 saturated carbocycles. The van der Waals surface area contributed by atoms with Gasteiger partial charge in [-0.15, -0.1) is 0 Å². The number of rotatable bonds is 5. The van der Waals surface area contributed by atoms with E-state index in [4.69, 9.17) is 9.47 Å². The lowest BCUT2D eigenvalue weighted by atomic mass is 9.81. The van der Waals surface area contributed by atoms with Gasteiger partial charge in [0.05, 0.1) is 6.61 Å². The summed E-state index contributed by atoms with van der Waals surface area (Å²) in [6.45, 7) is 6.20. The molecule has 1 aromatic rings. The maximum absolute atomic E-state index is 13.1. The third-order valence-corrected chi connectivity index (χ3v) is 4.12. The van der Waals surface area contributed by atoms with Gasteiger partial charge < -0.3 is 14.4 Å². The van der Waals surface area contributed by atoms with Gasteiger partial charge in [0.25, 0.3) is 0 Å². The third kappa shape index (κ3) is 4.81. The van der Waals surface area contributed by atoms with Crippen molar-refractivity contribution in [3.8, 4) is 0 Å². The number of esters is 1. The molecule has 1 aliphatic rings. The molecule has 24 heavy (non-hydrogen) atoms. The largest absolute Gasteiger partial charge is 0.465 e. The fraction of sp³-hybridized carbons (Fsp3) is 0.444. The van der Waals surface area contributed by atoms with Gasteiger partial charge >= 0.3 is 12.1 Å². The highest BCUT2D eigenvalue weighted by molar-refractivity contribution is 5.68. The first-order chi connectivity index (χ1) is 11.5. The molecule has 1 aliphatic heterocycles. The van der Waals surface area contributed by atoms with E-state index in [0.29, 0.717) is 19.5 Å². The van der Waals surface area contributed by atoms with Crippen molar-refractivity contribution in [1.29, 1.82) is 0 Å². The lowest BCUT2D eigenvalue weighted by Crippen LogP contribution is -2.45. The normalized spacial score (nSPS) is 20.3. The van der Waals surface area contributed by atoms with Crippen LogP contribution >= 0.6 is 0 Å². The minimum atomic E-state index is -0.403. The highest BCUT2D eigenvalue weighted by Gasteiger charge is 2.33. The van der Waals surface area contributed by atoms with Gasteiger partial charge in [-0.05, 0) is 30.0 Å². The van der Waals surface area contributed by atoms with Crippen LogP contribution in [-0.4, -0.2) is 43.3 Å². The highest BCUT2D eigenvalue weighted by atomic mass is 19.1. The van der Waals surface area contributed by atoms with Crippen molar-refractivity contribution in [2.45, 2.75) is 19.3 Å². The molecule has 2 rings (SSSR count). The molecule has 0 aromatic heterocycles. The first-order valence-electron chi connectivity index (χ1n) is 7.92. The summed E-state index contributed by atoms with van der Waals surface area (Å²) in [6.07, 6.45) is 1.81. The van der Waals surface area contributed by atoms with Crippen LogP contribution in [0.25, 0.3) is 0 Å². The number of likely N-dealkylation sites (tertiary alicyclic amines) is 1. The molecular weight excluding hydrogens is 313 g/mol. The van der Waals surface area contributed by atoms with Crippen molar-refractivity contribution >= 4 is 12.1 Å². The second-order valence-electron chi connectivity index (χ2n) is 5.82. The van der Waals surface area contributed by atoms with Crippen LogP contribution in [0.4, 0.5) is 9.18 Å². The van der Waals surface area contributed by atoms with Gasteiger partial charge in [0, 0.05) is 25.9 Å². The number of halogens is 1. The number of ether oxygens (including phenoxy) is 2. The number of piperidine rings is 1. The first-order valence-corrected chi connectivity index (χ1v) is 7.92. The van der Waals surface area contributed by atoms with Crippen molar-refractivity contribution in [2.24, 2.45) is 5.92 Å². The Morgan fingerprint density at radius 3 is 2.67 bits per heavy atom. The molecule has 1 fully saturated rings. The zero-order valence-electron chi connectivity index (χ0n) is 13.7. The minimum Gasteiger partial charge on any atom is -0.465 e. The molecule has 0 aliphatic carbocycles. The van der Waals surface area contributed by atoms with E-state index in [1.165, 1.54) is 25.1 Å². The topological polar surface area (TPSA) is 55.8 Å². The molecule has 2 atom stereocenters.